The van der Waals surface area contributed by atoms with Gasteiger partial charge in [-0.1, -0.05) is 55.3 Å². The highest BCUT2D eigenvalue weighted by Gasteiger charge is 2.21. The SMILES string of the molecule is Cc1cc(C)cc(C(CC(C)C)NC(=O)c2cc(OCc3c(F)cccc3F)ccc2CCC(=O)O)c1. The van der Waals surface area contributed by atoms with Gasteiger partial charge in [-0.15, -0.1) is 0 Å². The first kappa shape index (κ1) is 27.8. The summed E-state index contributed by atoms with van der Waals surface area (Å²) in [5.74, 6) is -2.23. The van der Waals surface area contributed by atoms with Gasteiger partial charge in [-0.25, -0.2) is 8.78 Å². The Morgan fingerprint density at radius 2 is 1.62 bits per heavy atom. The Morgan fingerprint density at radius 1 is 0.973 bits per heavy atom. The summed E-state index contributed by atoms with van der Waals surface area (Å²) in [4.78, 5) is 24.7. The van der Waals surface area contributed by atoms with Crippen LogP contribution in [0.5, 0.6) is 5.75 Å². The number of aryl methyl sites for hydroxylation is 3. The molecule has 0 bridgehead atoms. The number of hydrogen-bond acceptors (Lipinski definition) is 3. The highest BCUT2D eigenvalue weighted by Crippen LogP contribution is 2.26. The molecule has 3 rings (SSSR count). The Balaban J connectivity index is 1.91. The minimum absolute atomic E-state index is 0.145. The Labute approximate surface area is 216 Å². The normalized spacial score (nSPS) is 11.9. The number of hydrogen-bond donors (Lipinski definition) is 2. The quantitative estimate of drug-likeness (QED) is 0.302. The van der Waals surface area contributed by atoms with Crippen LogP contribution < -0.4 is 10.1 Å². The number of carbonyl (C=O) groups is 2. The fraction of sp³-hybridized carbons (Fsp3) is 0.333. The van der Waals surface area contributed by atoms with E-state index in [1.807, 2.05) is 26.0 Å². The van der Waals surface area contributed by atoms with Crippen molar-refractivity contribution in [1.29, 1.82) is 0 Å². The number of benzene rings is 3. The highest BCUT2D eigenvalue weighted by atomic mass is 19.1. The zero-order chi connectivity index (χ0) is 27.1. The number of ether oxygens (including phenoxy) is 1. The Hall–Kier alpha value is -3.74. The van der Waals surface area contributed by atoms with Gasteiger partial charge < -0.3 is 15.2 Å². The van der Waals surface area contributed by atoms with E-state index in [2.05, 4.69) is 25.2 Å². The van der Waals surface area contributed by atoms with Crippen LogP contribution in [0.1, 0.15) is 70.9 Å². The van der Waals surface area contributed by atoms with Gasteiger partial charge in [0.2, 0.25) is 0 Å². The van der Waals surface area contributed by atoms with Crippen LogP contribution in [0.3, 0.4) is 0 Å². The van der Waals surface area contributed by atoms with E-state index in [4.69, 9.17) is 4.74 Å². The second-order valence-corrected chi connectivity index (χ2v) is 9.78. The van der Waals surface area contributed by atoms with Crippen molar-refractivity contribution in [3.05, 3.63) is 99.6 Å². The smallest absolute Gasteiger partial charge is 0.303 e. The van der Waals surface area contributed by atoms with Crippen molar-refractivity contribution in [3.63, 3.8) is 0 Å². The predicted octanol–water partition coefficient (Wildman–Crippen LogP) is 6.70. The van der Waals surface area contributed by atoms with E-state index in [0.717, 1.165) is 28.8 Å². The molecule has 0 saturated heterocycles. The Bertz CT molecular complexity index is 1230. The molecule has 1 amide bonds. The van der Waals surface area contributed by atoms with Crippen molar-refractivity contribution in [3.8, 4) is 5.75 Å². The molecule has 1 unspecified atom stereocenters. The van der Waals surface area contributed by atoms with E-state index in [1.54, 1.807) is 12.1 Å². The number of rotatable bonds is 11. The van der Waals surface area contributed by atoms with E-state index in [-0.39, 0.29) is 48.3 Å². The van der Waals surface area contributed by atoms with Crippen LogP contribution >= 0.6 is 0 Å². The van der Waals surface area contributed by atoms with Gasteiger partial charge in [0.05, 0.1) is 11.6 Å². The predicted molar refractivity (Wildman–Crippen MR) is 139 cm³/mol. The maximum Gasteiger partial charge on any atom is 0.303 e. The largest absolute Gasteiger partial charge is 0.489 e. The molecule has 0 aliphatic heterocycles. The summed E-state index contributed by atoms with van der Waals surface area (Å²) in [5, 5.41) is 12.3. The van der Waals surface area contributed by atoms with Crippen LogP contribution in [0.4, 0.5) is 8.78 Å². The molecule has 0 aliphatic carbocycles. The fourth-order valence-electron chi connectivity index (χ4n) is 4.34. The van der Waals surface area contributed by atoms with Crippen LogP contribution in [-0.2, 0) is 17.8 Å². The van der Waals surface area contributed by atoms with Crippen molar-refractivity contribution in [2.45, 2.75) is 59.6 Å². The Kier molecular flexibility index (Phi) is 9.39. The molecule has 2 N–H and O–H groups in total. The summed E-state index contributed by atoms with van der Waals surface area (Å²) < 4.78 is 33.7. The number of carboxylic acids is 1. The zero-order valence-corrected chi connectivity index (χ0v) is 21.6. The maximum absolute atomic E-state index is 14.0. The number of carbonyl (C=O) groups excluding carboxylic acids is 1. The molecule has 0 spiro atoms. The lowest BCUT2D eigenvalue weighted by molar-refractivity contribution is -0.136. The van der Waals surface area contributed by atoms with Gasteiger partial charge in [-0.05, 0) is 68.0 Å². The lowest BCUT2D eigenvalue weighted by Crippen LogP contribution is -2.30. The molecule has 1 atom stereocenters. The second-order valence-electron chi connectivity index (χ2n) is 9.78. The van der Waals surface area contributed by atoms with Crippen molar-refractivity contribution in [2.75, 3.05) is 0 Å². The molecule has 0 aromatic heterocycles. The topological polar surface area (TPSA) is 75.6 Å². The van der Waals surface area contributed by atoms with E-state index in [0.29, 0.717) is 17.9 Å². The number of nitrogens with one attached hydrogen (secondary N) is 1. The molecule has 7 heteroatoms. The van der Waals surface area contributed by atoms with Crippen LogP contribution in [0, 0.1) is 31.4 Å². The fourth-order valence-corrected chi connectivity index (χ4v) is 4.34. The summed E-state index contributed by atoms with van der Waals surface area (Å²) in [6, 6.07) is 14.2. The lowest BCUT2D eigenvalue weighted by atomic mass is 9.93. The number of carboxylic acid groups (broad SMARTS) is 1. The minimum Gasteiger partial charge on any atom is -0.489 e. The molecule has 0 aliphatic rings. The summed E-state index contributed by atoms with van der Waals surface area (Å²) >= 11 is 0. The molecular formula is C30H33F2NO4. The summed E-state index contributed by atoms with van der Waals surface area (Å²) in [6.07, 6.45) is 0.716. The van der Waals surface area contributed by atoms with Crippen LogP contribution in [-0.4, -0.2) is 17.0 Å². The number of amides is 1. The monoisotopic (exact) mass is 509 g/mol. The first-order chi connectivity index (χ1) is 17.5. The summed E-state index contributed by atoms with van der Waals surface area (Å²) in [5.41, 5.74) is 3.79. The molecule has 5 nitrogen and oxygen atoms in total. The molecule has 0 fully saturated rings. The first-order valence-electron chi connectivity index (χ1n) is 12.3. The maximum atomic E-state index is 14.0. The second kappa shape index (κ2) is 12.5. The van der Waals surface area contributed by atoms with Crippen LogP contribution in [0.2, 0.25) is 0 Å². The Morgan fingerprint density at radius 3 is 2.22 bits per heavy atom. The molecular weight excluding hydrogens is 476 g/mol. The number of halogens is 2. The third kappa shape index (κ3) is 7.87. The van der Waals surface area contributed by atoms with Crippen LogP contribution in [0.25, 0.3) is 0 Å². The van der Waals surface area contributed by atoms with Crippen molar-refractivity contribution < 1.29 is 28.2 Å². The molecule has 0 saturated carbocycles. The van der Waals surface area contributed by atoms with E-state index >= 15 is 0 Å². The van der Waals surface area contributed by atoms with Crippen molar-refractivity contribution in [2.24, 2.45) is 5.92 Å². The average molecular weight is 510 g/mol. The van der Waals surface area contributed by atoms with Gasteiger partial charge in [-0.3, -0.25) is 9.59 Å². The van der Waals surface area contributed by atoms with Gasteiger partial charge in [0, 0.05) is 12.0 Å². The van der Waals surface area contributed by atoms with Crippen molar-refractivity contribution >= 4 is 11.9 Å². The average Bonchev–Trinajstić information content (AvgIpc) is 2.81. The lowest BCUT2D eigenvalue weighted by Gasteiger charge is -2.23. The summed E-state index contributed by atoms with van der Waals surface area (Å²) in [6.45, 7) is 7.82. The molecule has 37 heavy (non-hydrogen) atoms. The zero-order valence-electron chi connectivity index (χ0n) is 21.6. The van der Waals surface area contributed by atoms with Crippen molar-refractivity contribution in [1.82, 2.24) is 5.32 Å². The van der Waals surface area contributed by atoms with Gasteiger partial charge >= 0.3 is 5.97 Å². The van der Waals surface area contributed by atoms with Gasteiger partial charge in [-0.2, -0.15) is 0 Å². The number of aliphatic carboxylic acids is 1. The van der Waals surface area contributed by atoms with Gasteiger partial charge in [0.15, 0.2) is 0 Å². The minimum atomic E-state index is -0.977. The van der Waals surface area contributed by atoms with E-state index in [1.165, 1.54) is 12.1 Å². The van der Waals surface area contributed by atoms with Gasteiger partial charge in [0.25, 0.3) is 5.91 Å². The third-order valence-corrected chi connectivity index (χ3v) is 6.04. The molecule has 3 aromatic carbocycles. The highest BCUT2D eigenvalue weighted by molar-refractivity contribution is 5.96. The van der Waals surface area contributed by atoms with E-state index in [9.17, 15) is 23.5 Å². The molecule has 196 valence electrons. The first-order valence-corrected chi connectivity index (χ1v) is 12.3. The summed E-state index contributed by atoms with van der Waals surface area (Å²) in [7, 11) is 0. The standard InChI is InChI=1S/C30H33F2NO4/c1-18(2)12-28(22-14-19(3)13-20(4)15-22)33-30(36)24-16-23(10-8-21(24)9-11-29(34)35)37-17-25-26(31)6-5-7-27(25)32/h5-8,10,13-16,18,28H,9,11-12,17H2,1-4H3,(H,33,36)(H,34,35). The molecule has 3 aromatic rings. The molecule has 0 radical (unpaired) electrons. The van der Waals surface area contributed by atoms with Gasteiger partial charge in [0.1, 0.15) is 24.0 Å². The third-order valence-electron chi connectivity index (χ3n) is 6.04. The van der Waals surface area contributed by atoms with Crippen LogP contribution in [0.15, 0.2) is 54.6 Å². The van der Waals surface area contributed by atoms with E-state index < -0.39 is 17.6 Å². The molecule has 0 heterocycles.